The Kier molecular flexibility index (Phi) is 4.51. The lowest BCUT2D eigenvalue weighted by Crippen LogP contribution is -2.11. The Morgan fingerprint density at radius 3 is 2.52 bits per heavy atom. The highest BCUT2D eigenvalue weighted by atomic mass is 16.5. The van der Waals surface area contributed by atoms with Crippen molar-refractivity contribution in [2.24, 2.45) is 0 Å². The lowest BCUT2D eigenvalue weighted by molar-refractivity contribution is 0.218. The fourth-order valence-electron chi connectivity index (χ4n) is 1.51. The Bertz CT molecular complexity index is 667. The average Bonchev–Trinajstić information content (AvgIpc) is 2.46. The van der Waals surface area contributed by atoms with Gasteiger partial charge in [0.2, 0.25) is 5.95 Å². The molecule has 0 fully saturated rings. The number of anilines is 1. The number of aromatic nitrogens is 3. The number of nitrogens with zero attached hydrogens (tertiary/aromatic N) is 4. The zero-order chi connectivity index (χ0) is 15.2. The van der Waals surface area contributed by atoms with Gasteiger partial charge in [-0.2, -0.15) is 15.2 Å². The van der Waals surface area contributed by atoms with Crippen molar-refractivity contribution in [3.8, 4) is 23.8 Å². The highest BCUT2D eigenvalue weighted by molar-refractivity contribution is 5.44. The number of rotatable bonds is 5. The zero-order valence-electron chi connectivity index (χ0n) is 12.0. The minimum absolute atomic E-state index is 0.0627. The van der Waals surface area contributed by atoms with E-state index in [-0.39, 0.29) is 18.1 Å². The van der Waals surface area contributed by atoms with Crippen LogP contribution < -0.4 is 14.8 Å². The lowest BCUT2D eigenvalue weighted by atomic mass is 10.2. The van der Waals surface area contributed by atoms with Gasteiger partial charge in [-0.3, -0.25) is 0 Å². The number of hydrogen-bond acceptors (Lipinski definition) is 7. The first-order valence-corrected chi connectivity index (χ1v) is 6.40. The van der Waals surface area contributed by atoms with Gasteiger partial charge in [-0.15, -0.1) is 4.98 Å². The molecule has 0 aliphatic carbocycles. The Labute approximate surface area is 122 Å². The molecule has 0 atom stereocenters. The smallest absolute Gasteiger partial charge is 0.330 e. The molecule has 1 aromatic carbocycles. The number of hydrogen-bond donors (Lipinski definition) is 1. The molecule has 0 amide bonds. The number of benzene rings is 1. The van der Waals surface area contributed by atoms with Crippen LogP contribution in [0, 0.1) is 11.3 Å². The van der Waals surface area contributed by atoms with E-state index in [1.165, 1.54) is 0 Å². The normalized spacial score (nSPS) is 10.0. The van der Waals surface area contributed by atoms with E-state index >= 15 is 0 Å². The topological polar surface area (TPSA) is 93.0 Å². The van der Waals surface area contributed by atoms with Crippen molar-refractivity contribution < 1.29 is 9.47 Å². The van der Waals surface area contributed by atoms with E-state index in [1.54, 1.807) is 31.3 Å². The largest absolute Gasteiger partial charge is 0.461 e. The summed E-state index contributed by atoms with van der Waals surface area (Å²) in [7, 11) is 1.68. The van der Waals surface area contributed by atoms with Gasteiger partial charge in [0.25, 0.3) is 0 Å². The zero-order valence-corrected chi connectivity index (χ0v) is 12.0. The maximum absolute atomic E-state index is 9.05. The second kappa shape index (κ2) is 6.52. The molecule has 108 valence electrons. The van der Waals surface area contributed by atoms with Gasteiger partial charge < -0.3 is 14.8 Å². The van der Waals surface area contributed by atoms with E-state index in [0.29, 0.717) is 17.3 Å². The molecule has 21 heavy (non-hydrogen) atoms. The van der Waals surface area contributed by atoms with E-state index in [4.69, 9.17) is 14.7 Å². The van der Waals surface area contributed by atoms with Crippen molar-refractivity contribution >= 4 is 5.95 Å². The number of nitrogens with one attached hydrogen (secondary N) is 1. The maximum atomic E-state index is 9.05. The van der Waals surface area contributed by atoms with Gasteiger partial charge in [0.15, 0.2) is 0 Å². The minimum Gasteiger partial charge on any atom is -0.461 e. The van der Waals surface area contributed by atoms with E-state index in [9.17, 15) is 0 Å². The first-order chi connectivity index (χ1) is 10.1. The first-order valence-electron chi connectivity index (χ1n) is 6.40. The molecule has 0 aliphatic rings. The molecule has 0 saturated heterocycles. The van der Waals surface area contributed by atoms with Crippen LogP contribution in [0.4, 0.5) is 5.95 Å². The molecule has 1 heterocycles. The second-order valence-corrected chi connectivity index (χ2v) is 4.35. The fraction of sp³-hybridized carbons (Fsp3) is 0.286. The third-order valence-electron chi connectivity index (χ3n) is 2.37. The van der Waals surface area contributed by atoms with Gasteiger partial charge in [0, 0.05) is 7.05 Å². The molecule has 2 aromatic rings. The van der Waals surface area contributed by atoms with Gasteiger partial charge >= 0.3 is 12.0 Å². The van der Waals surface area contributed by atoms with Gasteiger partial charge in [-0.25, -0.2) is 0 Å². The van der Waals surface area contributed by atoms with Crippen LogP contribution in [-0.4, -0.2) is 28.1 Å². The quantitative estimate of drug-likeness (QED) is 0.901. The molecule has 2 rings (SSSR count). The summed E-state index contributed by atoms with van der Waals surface area (Å²) in [5, 5.41) is 11.9. The van der Waals surface area contributed by atoms with Crippen LogP contribution in [0.5, 0.6) is 17.8 Å². The number of para-hydroxylation sites is 1. The van der Waals surface area contributed by atoms with Crippen molar-refractivity contribution in [1.82, 2.24) is 15.0 Å². The number of ether oxygens (including phenoxy) is 2. The monoisotopic (exact) mass is 285 g/mol. The van der Waals surface area contributed by atoms with Crippen LogP contribution >= 0.6 is 0 Å². The first kappa shape index (κ1) is 14.5. The van der Waals surface area contributed by atoms with Gasteiger partial charge in [0.05, 0.1) is 11.7 Å². The average molecular weight is 285 g/mol. The van der Waals surface area contributed by atoms with Gasteiger partial charge in [0.1, 0.15) is 11.8 Å². The Morgan fingerprint density at radius 1 is 1.14 bits per heavy atom. The molecule has 0 bridgehead atoms. The summed E-state index contributed by atoms with van der Waals surface area (Å²) < 4.78 is 11.0. The van der Waals surface area contributed by atoms with E-state index < -0.39 is 0 Å². The molecule has 0 spiro atoms. The van der Waals surface area contributed by atoms with E-state index in [2.05, 4.69) is 20.3 Å². The SMILES string of the molecule is CNc1nc(Oc2ccccc2C#N)nc(OC(C)C)n1. The van der Waals surface area contributed by atoms with Crippen molar-refractivity contribution in [3.05, 3.63) is 29.8 Å². The maximum Gasteiger partial charge on any atom is 0.330 e. The highest BCUT2D eigenvalue weighted by Gasteiger charge is 2.11. The van der Waals surface area contributed by atoms with Crippen LogP contribution in [0.2, 0.25) is 0 Å². The molecule has 0 saturated carbocycles. The van der Waals surface area contributed by atoms with Crippen molar-refractivity contribution in [3.63, 3.8) is 0 Å². The number of nitriles is 1. The summed E-state index contributed by atoms with van der Waals surface area (Å²) >= 11 is 0. The van der Waals surface area contributed by atoms with Crippen LogP contribution in [0.3, 0.4) is 0 Å². The van der Waals surface area contributed by atoms with Crippen molar-refractivity contribution in [2.75, 3.05) is 12.4 Å². The second-order valence-electron chi connectivity index (χ2n) is 4.35. The van der Waals surface area contributed by atoms with Crippen molar-refractivity contribution in [2.45, 2.75) is 20.0 Å². The highest BCUT2D eigenvalue weighted by Crippen LogP contribution is 2.23. The third-order valence-corrected chi connectivity index (χ3v) is 2.37. The van der Waals surface area contributed by atoms with E-state index in [0.717, 1.165) is 0 Å². The van der Waals surface area contributed by atoms with E-state index in [1.807, 2.05) is 19.9 Å². The third kappa shape index (κ3) is 3.79. The lowest BCUT2D eigenvalue weighted by Gasteiger charge is -2.10. The molecule has 1 N–H and O–H groups in total. The molecular formula is C14H15N5O2. The molecule has 0 aliphatic heterocycles. The molecule has 7 heteroatoms. The summed E-state index contributed by atoms with van der Waals surface area (Å²) in [6.07, 6.45) is -0.0728. The summed E-state index contributed by atoms with van der Waals surface area (Å²) in [6, 6.07) is 9.12. The standard InChI is InChI=1S/C14H15N5O2/c1-9(2)20-13-17-12(16-3)18-14(19-13)21-11-7-5-4-6-10(11)8-15/h4-7,9H,1-3H3,(H,16,17,18,19). The Hall–Kier alpha value is -2.88. The molecule has 0 radical (unpaired) electrons. The summed E-state index contributed by atoms with van der Waals surface area (Å²) in [4.78, 5) is 12.2. The summed E-state index contributed by atoms with van der Waals surface area (Å²) in [5.41, 5.74) is 0.398. The van der Waals surface area contributed by atoms with Crippen LogP contribution in [0.25, 0.3) is 0 Å². The summed E-state index contributed by atoms with van der Waals surface area (Å²) in [6.45, 7) is 3.74. The van der Waals surface area contributed by atoms with Gasteiger partial charge in [-0.1, -0.05) is 12.1 Å². The Morgan fingerprint density at radius 2 is 1.86 bits per heavy atom. The van der Waals surface area contributed by atoms with Crippen LogP contribution in [0.1, 0.15) is 19.4 Å². The van der Waals surface area contributed by atoms with Gasteiger partial charge in [-0.05, 0) is 26.0 Å². The van der Waals surface area contributed by atoms with Crippen molar-refractivity contribution in [1.29, 1.82) is 5.26 Å². The molecule has 7 nitrogen and oxygen atoms in total. The fourth-order valence-corrected chi connectivity index (χ4v) is 1.51. The Balaban J connectivity index is 2.33. The van der Waals surface area contributed by atoms with Crippen LogP contribution in [-0.2, 0) is 0 Å². The van der Waals surface area contributed by atoms with Crippen LogP contribution in [0.15, 0.2) is 24.3 Å². The predicted molar refractivity (Wildman–Crippen MR) is 76.4 cm³/mol. The molecule has 1 aromatic heterocycles. The minimum atomic E-state index is -0.0728. The molecule has 0 unspecified atom stereocenters. The summed E-state index contributed by atoms with van der Waals surface area (Å²) in [5.74, 6) is 0.703. The molecular weight excluding hydrogens is 270 g/mol. The predicted octanol–water partition coefficient (Wildman–Crippen LogP) is 2.36.